The van der Waals surface area contributed by atoms with Crippen molar-refractivity contribution >= 4 is 29.9 Å². The number of aliphatic imine (C=N–C) groups is 1. The molecule has 0 saturated heterocycles. The van der Waals surface area contributed by atoms with Gasteiger partial charge in [-0.3, -0.25) is 4.99 Å². The Morgan fingerprint density at radius 3 is 2.50 bits per heavy atom. The van der Waals surface area contributed by atoms with Crippen molar-refractivity contribution < 1.29 is 0 Å². The summed E-state index contributed by atoms with van der Waals surface area (Å²) in [6, 6.07) is 0. The summed E-state index contributed by atoms with van der Waals surface area (Å²) < 4.78 is 2.07. The Bertz CT molecular complexity index is 415. The lowest BCUT2D eigenvalue weighted by atomic mass is 10.4. The first-order valence-corrected chi connectivity index (χ1v) is 7.78. The molecule has 0 atom stereocenters. The van der Waals surface area contributed by atoms with Crippen molar-refractivity contribution in [2.24, 2.45) is 4.99 Å². The van der Waals surface area contributed by atoms with Gasteiger partial charge in [0.2, 0.25) is 0 Å². The van der Waals surface area contributed by atoms with Gasteiger partial charge in [-0.05, 0) is 13.1 Å². The highest BCUT2D eigenvalue weighted by Crippen LogP contribution is 1.94. The van der Waals surface area contributed by atoms with E-state index < -0.39 is 0 Å². The molecule has 8 heteroatoms. The first-order valence-electron chi connectivity index (χ1n) is 7.78. The molecule has 1 rings (SSSR count). The molecular weight excluding hydrogens is 393 g/mol. The van der Waals surface area contributed by atoms with Gasteiger partial charge < -0.3 is 20.1 Å². The highest BCUT2D eigenvalue weighted by molar-refractivity contribution is 14.0. The van der Waals surface area contributed by atoms with E-state index in [0.29, 0.717) is 0 Å². The van der Waals surface area contributed by atoms with Crippen molar-refractivity contribution in [2.45, 2.75) is 33.7 Å². The van der Waals surface area contributed by atoms with E-state index in [4.69, 9.17) is 0 Å². The molecule has 1 aromatic heterocycles. The van der Waals surface area contributed by atoms with Crippen LogP contribution >= 0.6 is 24.0 Å². The van der Waals surface area contributed by atoms with Crippen LogP contribution < -0.4 is 10.6 Å². The number of nitrogens with one attached hydrogen (secondary N) is 2. The summed E-state index contributed by atoms with van der Waals surface area (Å²) in [5, 5.41) is 14.7. The van der Waals surface area contributed by atoms with Crippen LogP contribution in [0.4, 0.5) is 0 Å². The molecule has 0 radical (unpaired) electrons. The second-order valence-electron chi connectivity index (χ2n) is 4.75. The Hall–Kier alpha value is -0.900. The lowest BCUT2D eigenvalue weighted by molar-refractivity contribution is 0.308. The SMILES string of the molecule is CCc1nncn1CCNC(=NC)NCCN(CC)CC.I. The molecule has 128 valence electrons. The standard InChI is InChI=1S/C14H29N7.HI/c1-5-13-19-18-12-21(13)11-9-17-14(15-4)16-8-10-20(6-2)7-3;/h12H,5-11H2,1-4H3,(H2,15,16,17);1H. The molecule has 7 nitrogen and oxygen atoms in total. The number of halogens is 1. The largest absolute Gasteiger partial charge is 0.355 e. The molecule has 0 aliphatic rings. The molecule has 0 aliphatic carbocycles. The maximum absolute atomic E-state index is 4.23. The third-order valence-corrected chi connectivity index (χ3v) is 3.50. The molecule has 1 aromatic rings. The summed E-state index contributed by atoms with van der Waals surface area (Å²) in [5.74, 6) is 1.86. The maximum atomic E-state index is 4.23. The summed E-state index contributed by atoms with van der Waals surface area (Å²) in [4.78, 5) is 6.61. The molecule has 0 saturated carbocycles. The van der Waals surface area contributed by atoms with Gasteiger partial charge in [0.05, 0.1) is 0 Å². The molecule has 0 amide bonds. The van der Waals surface area contributed by atoms with Gasteiger partial charge in [0.1, 0.15) is 12.2 Å². The minimum Gasteiger partial charge on any atom is -0.355 e. The fraction of sp³-hybridized carbons (Fsp3) is 0.786. The normalized spacial score (nSPS) is 11.4. The molecule has 0 bridgehead atoms. The van der Waals surface area contributed by atoms with Crippen molar-refractivity contribution in [1.82, 2.24) is 30.3 Å². The van der Waals surface area contributed by atoms with E-state index in [0.717, 1.165) is 57.5 Å². The summed E-state index contributed by atoms with van der Waals surface area (Å²) >= 11 is 0. The monoisotopic (exact) mass is 423 g/mol. The van der Waals surface area contributed by atoms with Gasteiger partial charge in [-0.1, -0.05) is 20.8 Å². The molecule has 2 N–H and O–H groups in total. The zero-order valence-electron chi connectivity index (χ0n) is 14.2. The van der Waals surface area contributed by atoms with E-state index in [1.54, 1.807) is 13.4 Å². The van der Waals surface area contributed by atoms with Crippen LogP contribution in [0.25, 0.3) is 0 Å². The van der Waals surface area contributed by atoms with Crippen molar-refractivity contribution in [3.63, 3.8) is 0 Å². The van der Waals surface area contributed by atoms with Crippen molar-refractivity contribution in [2.75, 3.05) is 39.8 Å². The Morgan fingerprint density at radius 2 is 1.91 bits per heavy atom. The van der Waals surface area contributed by atoms with Crippen LogP contribution in [0.3, 0.4) is 0 Å². The average Bonchev–Trinajstić information content (AvgIpc) is 2.97. The number of aromatic nitrogens is 3. The Morgan fingerprint density at radius 1 is 1.23 bits per heavy atom. The predicted molar refractivity (Wildman–Crippen MR) is 102 cm³/mol. The van der Waals surface area contributed by atoms with E-state index in [9.17, 15) is 0 Å². The van der Waals surface area contributed by atoms with Gasteiger partial charge in [0, 0.05) is 39.6 Å². The van der Waals surface area contributed by atoms with Crippen molar-refractivity contribution in [1.29, 1.82) is 0 Å². The minimum absolute atomic E-state index is 0. The highest BCUT2D eigenvalue weighted by Gasteiger charge is 2.03. The molecular formula is C14H30IN7. The van der Waals surface area contributed by atoms with Gasteiger partial charge in [-0.25, -0.2) is 0 Å². The summed E-state index contributed by atoms with van der Waals surface area (Å²) in [7, 11) is 1.79. The van der Waals surface area contributed by atoms with Crippen LogP contribution in [-0.2, 0) is 13.0 Å². The Labute approximate surface area is 151 Å². The Balaban J connectivity index is 0.00000441. The first-order chi connectivity index (χ1) is 10.2. The van der Waals surface area contributed by atoms with E-state index in [2.05, 4.69) is 56.1 Å². The molecule has 0 unspecified atom stereocenters. The molecule has 22 heavy (non-hydrogen) atoms. The van der Waals surface area contributed by atoms with E-state index in [1.807, 2.05) is 0 Å². The second-order valence-corrected chi connectivity index (χ2v) is 4.75. The van der Waals surface area contributed by atoms with E-state index >= 15 is 0 Å². The van der Waals surface area contributed by atoms with Gasteiger partial charge in [-0.2, -0.15) is 0 Å². The second kappa shape index (κ2) is 12.6. The maximum Gasteiger partial charge on any atom is 0.191 e. The van der Waals surface area contributed by atoms with Crippen LogP contribution in [-0.4, -0.2) is 65.4 Å². The number of hydrogen-bond acceptors (Lipinski definition) is 4. The van der Waals surface area contributed by atoms with Gasteiger partial charge in [-0.15, -0.1) is 34.2 Å². The highest BCUT2D eigenvalue weighted by atomic mass is 127. The first kappa shape index (κ1) is 21.1. The summed E-state index contributed by atoms with van der Waals surface area (Å²) in [6.45, 7) is 12.2. The zero-order chi connectivity index (χ0) is 15.5. The van der Waals surface area contributed by atoms with Crippen molar-refractivity contribution in [3.05, 3.63) is 12.2 Å². The Kier molecular flexibility index (Phi) is 12.1. The van der Waals surface area contributed by atoms with Crippen LogP contribution in [0.2, 0.25) is 0 Å². The number of nitrogens with zero attached hydrogens (tertiary/aromatic N) is 5. The summed E-state index contributed by atoms with van der Waals surface area (Å²) in [5.41, 5.74) is 0. The van der Waals surface area contributed by atoms with Crippen LogP contribution in [0.1, 0.15) is 26.6 Å². The van der Waals surface area contributed by atoms with E-state index in [1.165, 1.54) is 0 Å². The third kappa shape index (κ3) is 7.39. The number of hydrogen-bond donors (Lipinski definition) is 2. The quantitative estimate of drug-likeness (QED) is 0.352. The van der Waals surface area contributed by atoms with Gasteiger partial charge >= 0.3 is 0 Å². The topological polar surface area (TPSA) is 70.4 Å². The average molecular weight is 423 g/mol. The van der Waals surface area contributed by atoms with Crippen LogP contribution in [0, 0.1) is 0 Å². The fourth-order valence-corrected chi connectivity index (χ4v) is 2.13. The predicted octanol–water partition coefficient (Wildman–Crippen LogP) is 0.965. The van der Waals surface area contributed by atoms with Crippen LogP contribution in [0.15, 0.2) is 11.3 Å². The third-order valence-electron chi connectivity index (χ3n) is 3.50. The van der Waals surface area contributed by atoms with Crippen LogP contribution in [0.5, 0.6) is 0 Å². The minimum atomic E-state index is 0. The molecule has 0 aliphatic heterocycles. The molecule has 1 heterocycles. The lowest BCUT2D eigenvalue weighted by Gasteiger charge is -2.19. The number of rotatable bonds is 9. The van der Waals surface area contributed by atoms with Gasteiger partial charge in [0.25, 0.3) is 0 Å². The summed E-state index contributed by atoms with van der Waals surface area (Å²) in [6.07, 6.45) is 2.67. The van der Waals surface area contributed by atoms with Crippen molar-refractivity contribution in [3.8, 4) is 0 Å². The smallest absolute Gasteiger partial charge is 0.191 e. The molecule has 0 aromatic carbocycles. The number of aryl methyl sites for hydroxylation is 1. The molecule has 0 spiro atoms. The van der Waals surface area contributed by atoms with E-state index in [-0.39, 0.29) is 24.0 Å². The molecule has 0 fully saturated rings. The number of guanidine groups is 1. The van der Waals surface area contributed by atoms with Gasteiger partial charge in [0.15, 0.2) is 5.96 Å². The zero-order valence-corrected chi connectivity index (χ0v) is 16.5. The fourth-order valence-electron chi connectivity index (χ4n) is 2.13. The lowest BCUT2D eigenvalue weighted by Crippen LogP contribution is -2.42. The number of likely N-dealkylation sites (N-methyl/N-ethyl adjacent to an activating group) is 1.